The van der Waals surface area contributed by atoms with E-state index < -0.39 is 0 Å². The average Bonchev–Trinajstić information content (AvgIpc) is 2.68. The third-order valence-corrected chi connectivity index (χ3v) is 4.82. The van der Waals surface area contributed by atoms with E-state index in [1.165, 1.54) is 24.6 Å². The molecule has 1 heteroatoms. The van der Waals surface area contributed by atoms with Gasteiger partial charge in [0, 0.05) is 5.33 Å². The van der Waals surface area contributed by atoms with Gasteiger partial charge in [0.1, 0.15) is 0 Å². The second-order valence-corrected chi connectivity index (χ2v) is 6.01. The number of halogens is 1. The summed E-state index contributed by atoms with van der Waals surface area (Å²) in [5, 5.41) is 1.20. The van der Waals surface area contributed by atoms with Gasteiger partial charge in [-0.15, -0.1) is 0 Å². The predicted octanol–water partition coefficient (Wildman–Crippen LogP) is 4.23. The van der Waals surface area contributed by atoms with E-state index in [4.69, 9.17) is 0 Å². The maximum absolute atomic E-state index is 3.64. The lowest BCUT2D eigenvalue weighted by atomic mass is 9.74. The van der Waals surface area contributed by atoms with E-state index in [1.54, 1.807) is 0 Å². The molecule has 0 N–H and O–H groups in total. The Labute approximate surface area is 85.3 Å². The molecule has 0 amide bonds. The molecule has 72 valence electrons. The standard InChI is InChI=1S/C11H21Br/c1-9(2)10(3,4)7-11(8-12)5-6-11/h9H,5-8H2,1-4H3. The first kappa shape index (κ1) is 10.6. The first-order valence-electron chi connectivity index (χ1n) is 4.98. The van der Waals surface area contributed by atoms with Crippen LogP contribution in [0.4, 0.5) is 0 Å². The van der Waals surface area contributed by atoms with E-state index in [-0.39, 0.29) is 0 Å². The molecule has 0 nitrogen and oxygen atoms in total. The summed E-state index contributed by atoms with van der Waals surface area (Å²) in [6.07, 6.45) is 4.27. The van der Waals surface area contributed by atoms with Crippen molar-refractivity contribution in [2.75, 3.05) is 5.33 Å². The highest BCUT2D eigenvalue weighted by atomic mass is 79.9. The van der Waals surface area contributed by atoms with Crippen molar-refractivity contribution in [3.05, 3.63) is 0 Å². The number of rotatable bonds is 4. The number of hydrogen-bond donors (Lipinski definition) is 0. The number of alkyl halides is 1. The fourth-order valence-corrected chi connectivity index (χ4v) is 2.46. The van der Waals surface area contributed by atoms with Gasteiger partial charge in [0.05, 0.1) is 0 Å². The molecule has 12 heavy (non-hydrogen) atoms. The quantitative estimate of drug-likeness (QED) is 0.637. The Morgan fingerprint density at radius 3 is 2.08 bits per heavy atom. The maximum atomic E-state index is 3.64. The summed E-state index contributed by atoms with van der Waals surface area (Å²) in [5.74, 6) is 0.800. The minimum atomic E-state index is 0.518. The Kier molecular flexibility index (Phi) is 2.92. The zero-order valence-electron chi connectivity index (χ0n) is 8.78. The highest BCUT2D eigenvalue weighted by Gasteiger charge is 2.45. The van der Waals surface area contributed by atoms with Crippen molar-refractivity contribution >= 4 is 15.9 Å². The van der Waals surface area contributed by atoms with Gasteiger partial charge in [0.25, 0.3) is 0 Å². The first-order chi connectivity index (χ1) is 5.42. The normalized spacial score (nSPS) is 21.5. The Morgan fingerprint density at radius 2 is 1.83 bits per heavy atom. The summed E-state index contributed by atoms with van der Waals surface area (Å²) < 4.78 is 0. The molecule has 0 aliphatic heterocycles. The topological polar surface area (TPSA) is 0 Å². The minimum absolute atomic E-state index is 0.518. The van der Waals surface area contributed by atoms with Gasteiger partial charge in [-0.3, -0.25) is 0 Å². The molecule has 0 saturated heterocycles. The van der Waals surface area contributed by atoms with E-state index in [0.29, 0.717) is 10.8 Å². The monoisotopic (exact) mass is 232 g/mol. The van der Waals surface area contributed by atoms with Gasteiger partial charge >= 0.3 is 0 Å². The van der Waals surface area contributed by atoms with Crippen LogP contribution in [0, 0.1) is 16.7 Å². The third kappa shape index (κ3) is 2.25. The highest BCUT2D eigenvalue weighted by Crippen LogP contribution is 2.55. The van der Waals surface area contributed by atoms with Crippen molar-refractivity contribution in [1.29, 1.82) is 0 Å². The summed E-state index contributed by atoms with van der Waals surface area (Å²) in [4.78, 5) is 0. The van der Waals surface area contributed by atoms with Crippen LogP contribution in [0.3, 0.4) is 0 Å². The SMILES string of the molecule is CC(C)C(C)(C)CC1(CBr)CC1. The minimum Gasteiger partial charge on any atom is -0.0922 e. The largest absolute Gasteiger partial charge is 0.0922 e. The zero-order valence-corrected chi connectivity index (χ0v) is 10.4. The first-order valence-corrected chi connectivity index (χ1v) is 6.10. The van der Waals surface area contributed by atoms with Gasteiger partial charge in [-0.2, -0.15) is 0 Å². The van der Waals surface area contributed by atoms with Crippen LogP contribution < -0.4 is 0 Å². The van der Waals surface area contributed by atoms with E-state index >= 15 is 0 Å². The molecule has 0 bridgehead atoms. The Morgan fingerprint density at radius 1 is 1.33 bits per heavy atom. The molecule has 1 aliphatic carbocycles. The van der Waals surface area contributed by atoms with Gasteiger partial charge in [-0.25, -0.2) is 0 Å². The highest BCUT2D eigenvalue weighted by molar-refractivity contribution is 9.09. The van der Waals surface area contributed by atoms with Crippen molar-refractivity contribution < 1.29 is 0 Å². The van der Waals surface area contributed by atoms with Crippen molar-refractivity contribution in [2.24, 2.45) is 16.7 Å². The van der Waals surface area contributed by atoms with Crippen LogP contribution in [0.1, 0.15) is 47.0 Å². The van der Waals surface area contributed by atoms with Crippen LogP contribution in [-0.2, 0) is 0 Å². The van der Waals surface area contributed by atoms with Crippen molar-refractivity contribution in [3.63, 3.8) is 0 Å². The molecule has 0 aromatic carbocycles. The maximum Gasteiger partial charge on any atom is 0.00881 e. The van der Waals surface area contributed by atoms with Gasteiger partial charge in [0.15, 0.2) is 0 Å². The smallest absolute Gasteiger partial charge is 0.00881 e. The van der Waals surface area contributed by atoms with Crippen LogP contribution in [0.2, 0.25) is 0 Å². The Hall–Kier alpha value is 0.480. The molecule has 0 unspecified atom stereocenters. The molecule has 0 spiro atoms. The summed E-state index contributed by atoms with van der Waals surface area (Å²) in [6.45, 7) is 9.48. The summed E-state index contributed by atoms with van der Waals surface area (Å²) in [6, 6.07) is 0. The van der Waals surface area contributed by atoms with Crippen LogP contribution in [0.5, 0.6) is 0 Å². The summed E-state index contributed by atoms with van der Waals surface area (Å²) in [5.41, 5.74) is 1.19. The second kappa shape index (κ2) is 3.32. The van der Waals surface area contributed by atoms with E-state index in [9.17, 15) is 0 Å². The molecule has 0 heterocycles. The van der Waals surface area contributed by atoms with E-state index in [0.717, 1.165) is 5.92 Å². The third-order valence-electron chi connectivity index (χ3n) is 3.63. The zero-order chi connectivity index (χ0) is 9.41. The Balaban J connectivity index is 2.49. The number of hydrogen-bond acceptors (Lipinski definition) is 0. The van der Waals surface area contributed by atoms with Crippen molar-refractivity contribution in [1.82, 2.24) is 0 Å². The average molecular weight is 233 g/mol. The molecule has 0 aromatic heterocycles. The fraction of sp³-hybridized carbons (Fsp3) is 1.00. The lowest BCUT2D eigenvalue weighted by Crippen LogP contribution is -2.24. The molecule has 1 aliphatic rings. The van der Waals surface area contributed by atoms with Gasteiger partial charge in [-0.1, -0.05) is 43.6 Å². The molecular weight excluding hydrogens is 212 g/mol. The molecule has 0 atom stereocenters. The summed E-state index contributed by atoms with van der Waals surface area (Å²) in [7, 11) is 0. The van der Waals surface area contributed by atoms with Crippen molar-refractivity contribution in [2.45, 2.75) is 47.0 Å². The van der Waals surface area contributed by atoms with Crippen LogP contribution >= 0.6 is 15.9 Å². The van der Waals surface area contributed by atoms with Gasteiger partial charge in [0.2, 0.25) is 0 Å². The molecule has 0 aromatic rings. The lowest BCUT2D eigenvalue weighted by molar-refractivity contribution is 0.187. The van der Waals surface area contributed by atoms with Gasteiger partial charge < -0.3 is 0 Å². The second-order valence-electron chi connectivity index (χ2n) is 5.45. The molecule has 1 saturated carbocycles. The van der Waals surface area contributed by atoms with Crippen LogP contribution in [0.25, 0.3) is 0 Å². The fourth-order valence-electron chi connectivity index (χ4n) is 1.71. The van der Waals surface area contributed by atoms with E-state index in [2.05, 4.69) is 43.6 Å². The van der Waals surface area contributed by atoms with Crippen LogP contribution in [-0.4, -0.2) is 5.33 Å². The molecule has 0 radical (unpaired) electrons. The van der Waals surface area contributed by atoms with Crippen molar-refractivity contribution in [3.8, 4) is 0 Å². The lowest BCUT2D eigenvalue weighted by Gasteiger charge is -2.33. The molecule has 1 rings (SSSR count). The summed E-state index contributed by atoms with van der Waals surface area (Å²) >= 11 is 3.64. The van der Waals surface area contributed by atoms with Gasteiger partial charge in [-0.05, 0) is 36.0 Å². The predicted molar refractivity (Wildman–Crippen MR) is 58.7 cm³/mol. The Bertz CT molecular complexity index is 154. The van der Waals surface area contributed by atoms with E-state index in [1.807, 2.05) is 0 Å². The molecular formula is C11H21Br. The molecule has 1 fully saturated rings. The van der Waals surface area contributed by atoms with Crippen LogP contribution in [0.15, 0.2) is 0 Å².